The van der Waals surface area contributed by atoms with Gasteiger partial charge in [-0.05, 0) is 42.0 Å². The number of anilines is 1. The van der Waals surface area contributed by atoms with Crippen LogP contribution in [0.25, 0.3) is 0 Å². The SMILES string of the molecule is CN=C(NCCN1CCN(c2ccc(F)cc2)CC1)NCc1ccc(F)cc1.I. The highest BCUT2D eigenvalue weighted by Gasteiger charge is 2.16. The molecule has 2 N–H and O–H groups in total. The highest BCUT2D eigenvalue weighted by atomic mass is 127. The molecule has 0 aliphatic carbocycles. The molecule has 29 heavy (non-hydrogen) atoms. The van der Waals surface area contributed by atoms with Crippen LogP contribution in [0.3, 0.4) is 0 Å². The van der Waals surface area contributed by atoms with Gasteiger partial charge in [-0.2, -0.15) is 0 Å². The minimum atomic E-state index is -0.231. The maximum absolute atomic E-state index is 13.1. The third kappa shape index (κ3) is 7.43. The van der Waals surface area contributed by atoms with Crippen molar-refractivity contribution < 1.29 is 8.78 Å². The molecule has 1 aliphatic heterocycles. The predicted octanol–water partition coefficient (Wildman–Crippen LogP) is 3.07. The van der Waals surface area contributed by atoms with E-state index in [9.17, 15) is 8.78 Å². The van der Waals surface area contributed by atoms with Crippen LogP contribution in [-0.4, -0.2) is 57.2 Å². The summed E-state index contributed by atoms with van der Waals surface area (Å²) in [6.45, 7) is 6.12. The molecule has 0 aromatic heterocycles. The molecule has 0 bridgehead atoms. The number of nitrogens with zero attached hydrogens (tertiary/aromatic N) is 3. The number of guanidine groups is 1. The first-order chi connectivity index (χ1) is 13.6. The van der Waals surface area contributed by atoms with Crippen molar-refractivity contribution in [2.75, 3.05) is 51.2 Å². The zero-order valence-corrected chi connectivity index (χ0v) is 18.9. The fourth-order valence-corrected chi connectivity index (χ4v) is 3.22. The van der Waals surface area contributed by atoms with Gasteiger partial charge in [0.05, 0.1) is 0 Å². The van der Waals surface area contributed by atoms with E-state index in [0.29, 0.717) is 6.54 Å². The Hall–Kier alpha value is -1.94. The quantitative estimate of drug-likeness (QED) is 0.353. The molecule has 1 heterocycles. The van der Waals surface area contributed by atoms with Gasteiger partial charge >= 0.3 is 0 Å². The second-order valence-corrected chi connectivity index (χ2v) is 6.78. The van der Waals surface area contributed by atoms with Crippen LogP contribution in [0, 0.1) is 11.6 Å². The van der Waals surface area contributed by atoms with Crippen LogP contribution >= 0.6 is 24.0 Å². The largest absolute Gasteiger partial charge is 0.369 e. The second kappa shape index (κ2) is 11.9. The summed E-state index contributed by atoms with van der Waals surface area (Å²) in [6.07, 6.45) is 0. The van der Waals surface area contributed by atoms with Crippen LogP contribution in [0.1, 0.15) is 5.56 Å². The molecule has 0 amide bonds. The van der Waals surface area contributed by atoms with E-state index >= 15 is 0 Å². The summed E-state index contributed by atoms with van der Waals surface area (Å²) in [5, 5.41) is 6.55. The molecule has 5 nitrogen and oxygen atoms in total. The standard InChI is InChI=1S/C21H27F2N5.HI/c1-24-21(26-16-17-2-4-18(22)5-3-17)25-10-11-27-12-14-28(15-13-27)20-8-6-19(23)7-9-20;/h2-9H,10-16H2,1H3,(H2,24,25,26);1H. The van der Waals surface area contributed by atoms with E-state index in [1.54, 1.807) is 19.2 Å². The van der Waals surface area contributed by atoms with Gasteiger partial charge < -0.3 is 15.5 Å². The van der Waals surface area contributed by atoms with Gasteiger partial charge in [-0.15, -0.1) is 24.0 Å². The van der Waals surface area contributed by atoms with Gasteiger partial charge in [-0.3, -0.25) is 9.89 Å². The summed E-state index contributed by atoms with van der Waals surface area (Å²) in [5.41, 5.74) is 2.07. The number of rotatable bonds is 6. The Morgan fingerprint density at radius 2 is 1.48 bits per heavy atom. The molecule has 158 valence electrons. The Bertz CT molecular complexity index is 760. The van der Waals surface area contributed by atoms with Crippen molar-refractivity contribution >= 4 is 35.6 Å². The highest BCUT2D eigenvalue weighted by molar-refractivity contribution is 14.0. The van der Waals surface area contributed by atoms with E-state index in [-0.39, 0.29) is 35.6 Å². The van der Waals surface area contributed by atoms with E-state index in [4.69, 9.17) is 0 Å². The lowest BCUT2D eigenvalue weighted by Gasteiger charge is -2.36. The van der Waals surface area contributed by atoms with Crippen LogP contribution in [0.2, 0.25) is 0 Å². The topological polar surface area (TPSA) is 42.9 Å². The van der Waals surface area contributed by atoms with E-state index in [0.717, 1.165) is 56.5 Å². The van der Waals surface area contributed by atoms with Crippen LogP contribution in [0.5, 0.6) is 0 Å². The van der Waals surface area contributed by atoms with Gasteiger partial charge in [-0.1, -0.05) is 12.1 Å². The first-order valence-electron chi connectivity index (χ1n) is 9.56. The smallest absolute Gasteiger partial charge is 0.191 e. The molecule has 0 unspecified atom stereocenters. The Labute approximate surface area is 188 Å². The summed E-state index contributed by atoms with van der Waals surface area (Å²) in [5.74, 6) is 0.301. The molecule has 3 rings (SSSR count). The zero-order valence-electron chi connectivity index (χ0n) is 16.6. The van der Waals surface area contributed by atoms with Crippen LogP contribution in [0.15, 0.2) is 53.5 Å². The van der Waals surface area contributed by atoms with Crippen molar-refractivity contribution in [1.29, 1.82) is 0 Å². The molecule has 1 aliphatic rings. The van der Waals surface area contributed by atoms with Gasteiger partial charge in [0.2, 0.25) is 0 Å². The predicted molar refractivity (Wildman–Crippen MR) is 125 cm³/mol. The highest BCUT2D eigenvalue weighted by Crippen LogP contribution is 2.16. The summed E-state index contributed by atoms with van der Waals surface area (Å²) < 4.78 is 26.0. The lowest BCUT2D eigenvalue weighted by Crippen LogP contribution is -2.49. The number of piperazine rings is 1. The Balaban J connectivity index is 0.00000300. The van der Waals surface area contributed by atoms with Crippen LogP contribution in [0.4, 0.5) is 14.5 Å². The van der Waals surface area contributed by atoms with Crippen molar-refractivity contribution in [2.24, 2.45) is 4.99 Å². The average Bonchev–Trinajstić information content (AvgIpc) is 2.73. The molecular weight excluding hydrogens is 487 g/mol. The lowest BCUT2D eigenvalue weighted by molar-refractivity contribution is 0.261. The molecule has 1 saturated heterocycles. The molecule has 1 fully saturated rings. The number of benzene rings is 2. The van der Waals surface area contributed by atoms with Crippen molar-refractivity contribution in [1.82, 2.24) is 15.5 Å². The minimum Gasteiger partial charge on any atom is -0.369 e. The van der Waals surface area contributed by atoms with Crippen molar-refractivity contribution in [3.05, 3.63) is 65.7 Å². The fourth-order valence-electron chi connectivity index (χ4n) is 3.22. The maximum atomic E-state index is 13.1. The first kappa shape index (κ1) is 23.3. The van der Waals surface area contributed by atoms with E-state index in [1.165, 1.54) is 24.3 Å². The van der Waals surface area contributed by atoms with Gasteiger partial charge in [-0.25, -0.2) is 8.78 Å². The van der Waals surface area contributed by atoms with Gasteiger partial charge in [0.1, 0.15) is 11.6 Å². The van der Waals surface area contributed by atoms with Crippen LogP contribution < -0.4 is 15.5 Å². The minimum absolute atomic E-state index is 0. The number of nitrogens with one attached hydrogen (secondary N) is 2. The lowest BCUT2D eigenvalue weighted by atomic mass is 10.2. The monoisotopic (exact) mass is 515 g/mol. The molecule has 0 radical (unpaired) electrons. The molecule has 0 saturated carbocycles. The number of hydrogen-bond donors (Lipinski definition) is 2. The van der Waals surface area contributed by atoms with Crippen LogP contribution in [-0.2, 0) is 6.54 Å². The van der Waals surface area contributed by atoms with E-state index in [1.807, 2.05) is 12.1 Å². The van der Waals surface area contributed by atoms with Crippen molar-refractivity contribution in [3.63, 3.8) is 0 Å². The van der Waals surface area contributed by atoms with Gasteiger partial charge in [0.15, 0.2) is 5.96 Å². The summed E-state index contributed by atoms with van der Waals surface area (Å²) >= 11 is 0. The van der Waals surface area contributed by atoms with E-state index in [2.05, 4.69) is 25.4 Å². The molecular formula is C21H28F2IN5. The van der Waals surface area contributed by atoms with Crippen molar-refractivity contribution in [2.45, 2.75) is 6.54 Å². The zero-order chi connectivity index (χ0) is 19.8. The summed E-state index contributed by atoms with van der Waals surface area (Å²) in [4.78, 5) is 8.91. The third-order valence-corrected chi connectivity index (χ3v) is 4.88. The number of halogens is 3. The number of hydrogen-bond acceptors (Lipinski definition) is 3. The molecule has 0 atom stereocenters. The Morgan fingerprint density at radius 1 is 0.897 bits per heavy atom. The maximum Gasteiger partial charge on any atom is 0.191 e. The third-order valence-electron chi connectivity index (χ3n) is 4.88. The Morgan fingerprint density at radius 3 is 2.07 bits per heavy atom. The second-order valence-electron chi connectivity index (χ2n) is 6.78. The molecule has 2 aromatic rings. The van der Waals surface area contributed by atoms with Crippen molar-refractivity contribution in [3.8, 4) is 0 Å². The van der Waals surface area contributed by atoms with Gasteiger partial charge in [0, 0.05) is 58.5 Å². The fraction of sp³-hybridized carbons (Fsp3) is 0.381. The van der Waals surface area contributed by atoms with E-state index < -0.39 is 0 Å². The average molecular weight is 515 g/mol. The van der Waals surface area contributed by atoms with Gasteiger partial charge in [0.25, 0.3) is 0 Å². The normalized spacial score (nSPS) is 15.0. The molecule has 8 heteroatoms. The number of aliphatic imine (C=N–C) groups is 1. The molecule has 2 aromatic carbocycles. The summed E-state index contributed by atoms with van der Waals surface area (Å²) in [6, 6.07) is 13.1. The Kier molecular flexibility index (Phi) is 9.59. The first-order valence-corrected chi connectivity index (χ1v) is 9.56. The molecule has 0 spiro atoms. The summed E-state index contributed by atoms with van der Waals surface area (Å²) in [7, 11) is 1.74.